The van der Waals surface area contributed by atoms with E-state index in [9.17, 15) is 33.9 Å². The number of guanidine groups is 1. The number of carbonyl (C=O) groups is 6. The summed E-state index contributed by atoms with van der Waals surface area (Å²) < 4.78 is 0. The van der Waals surface area contributed by atoms with E-state index < -0.39 is 78.4 Å². The van der Waals surface area contributed by atoms with Crippen LogP contribution in [0.3, 0.4) is 0 Å². The predicted molar refractivity (Wildman–Crippen MR) is 164 cm³/mol. The van der Waals surface area contributed by atoms with Crippen molar-refractivity contribution in [1.29, 1.82) is 0 Å². The number of unbranched alkanes of at least 4 members (excludes halogenated alkanes) is 1. The fourth-order valence-electron chi connectivity index (χ4n) is 4.67. The number of carboxylic acids is 1. The van der Waals surface area contributed by atoms with Crippen LogP contribution in [0.25, 0.3) is 0 Å². The first-order chi connectivity index (χ1) is 21.3. The highest BCUT2D eigenvalue weighted by atomic mass is 16.4. The summed E-state index contributed by atoms with van der Waals surface area (Å²) in [4.78, 5) is 81.7. The first kappa shape index (κ1) is 39.0. The van der Waals surface area contributed by atoms with Gasteiger partial charge in [-0.25, -0.2) is 0 Å². The minimum atomic E-state index is -1.25. The smallest absolute Gasteiger partial charge is 0.325 e. The second-order valence-electron chi connectivity index (χ2n) is 10.9. The number of aliphatic imine (C=N–C) groups is 1. The third-order valence-corrected chi connectivity index (χ3v) is 7.28. The van der Waals surface area contributed by atoms with Gasteiger partial charge in [0.1, 0.15) is 36.3 Å². The second kappa shape index (κ2) is 20.1. The van der Waals surface area contributed by atoms with Gasteiger partial charge in [0.15, 0.2) is 5.96 Å². The molecule has 45 heavy (non-hydrogen) atoms. The van der Waals surface area contributed by atoms with Crippen LogP contribution in [0.4, 0.5) is 0 Å². The average Bonchev–Trinajstić information content (AvgIpc) is 3.49. The monoisotopic (exact) mass is 642 g/mol. The van der Waals surface area contributed by atoms with Crippen LogP contribution >= 0.6 is 0 Å². The van der Waals surface area contributed by atoms with Gasteiger partial charge in [-0.05, 0) is 64.8 Å². The van der Waals surface area contributed by atoms with Gasteiger partial charge in [0.2, 0.25) is 29.5 Å². The Balaban J connectivity index is 3.14. The van der Waals surface area contributed by atoms with Gasteiger partial charge < -0.3 is 59.3 Å². The normalized spacial score (nSPS) is 17.6. The molecule has 0 aromatic carbocycles. The molecule has 1 fully saturated rings. The lowest BCUT2D eigenvalue weighted by Gasteiger charge is -2.29. The van der Waals surface area contributed by atoms with E-state index >= 15 is 0 Å². The Morgan fingerprint density at radius 3 is 2.04 bits per heavy atom. The van der Waals surface area contributed by atoms with E-state index in [0.29, 0.717) is 32.2 Å². The van der Waals surface area contributed by atoms with E-state index in [4.69, 9.17) is 28.0 Å². The van der Waals surface area contributed by atoms with Crippen LogP contribution in [-0.4, -0.2) is 119 Å². The topological polar surface area (TPSA) is 311 Å². The molecule has 1 heterocycles. The van der Waals surface area contributed by atoms with Crippen LogP contribution in [-0.2, 0) is 28.8 Å². The van der Waals surface area contributed by atoms with Crippen LogP contribution in [0.15, 0.2) is 4.99 Å². The molecule has 18 heteroatoms. The molecule has 1 aliphatic rings. The summed E-state index contributed by atoms with van der Waals surface area (Å²) in [5.41, 5.74) is 22.0. The maximum Gasteiger partial charge on any atom is 0.325 e. The zero-order valence-corrected chi connectivity index (χ0v) is 26.0. The van der Waals surface area contributed by atoms with Crippen molar-refractivity contribution in [3.63, 3.8) is 0 Å². The Bertz CT molecular complexity index is 1050. The van der Waals surface area contributed by atoms with Crippen LogP contribution in [0.1, 0.15) is 65.2 Å². The van der Waals surface area contributed by atoms with Gasteiger partial charge in [0.25, 0.3) is 0 Å². The van der Waals surface area contributed by atoms with E-state index in [1.807, 2.05) is 0 Å². The van der Waals surface area contributed by atoms with Gasteiger partial charge in [-0.3, -0.25) is 33.8 Å². The predicted octanol–water partition coefficient (Wildman–Crippen LogP) is -4.07. The summed E-state index contributed by atoms with van der Waals surface area (Å²) in [5, 5.41) is 28.6. The molecule has 1 aliphatic heterocycles. The largest absolute Gasteiger partial charge is 0.480 e. The first-order valence-electron chi connectivity index (χ1n) is 15.1. The van der Waals surface area contributed by atoms with E-state index in [1.165, 1.54) is 11.8 Å². The summed E-state index contributed by atoms with van der Waals surface area (Å²) in [6.07, 6.45) is 2.54. The summed E-state index contributed by atoms with van der Waals surface area (Å²) in [5.74, 6) is -4.67. The standard InChI is InChI=1S/C27H50N10O8/c1-3-17(21(39)33-15(2)26(44)45)34-22(40)19(9-6-12-32-27(30)31)35-23(41)18(8-4-5-11-28)36-24(42)20-10-7-13-37(20)25(43)16(29)14-38/h15-20,38H,3-14,28-29H2,1-2H3,(H,33,39)(H,34,40)(H,35,41)(H,36,42)(H,44,45)(H4,30,31,32)/t15-,16-,17-,18-,19-,20-/m0/s1. The highest BCUT2D eigenvalue weighted by Gasteiger charge is 2.38. The number of likely N-dealkylation sites (tertiary alicyclic amines) is 1. The number of hydrogen-bond acceptors (Lipinski definition) is 10. The van der Waals surface area contributed by atoms with Gasteiger partial charge in [0.05, 0.1) is 6.61 Å². The summed E-state index contributed by atoms with van der Waals surface area (Å²) in [6, 6.07) is -6.62. The number of carboxylic acid groups (broad SMARTS) is 1. The summed E-state index contributed by atoms with van der Waals surface area (Å²) in [6.45, 7) is 3.08. The Labute approximate surface area is 262 Å². The van der Waals surface area contributed by atoms with Crippen molar-refractivity contribution in [2.75, 3.05) is 26.2 Å². The lowest BCUT2D eigenvalue weighted by molar-refractivity contribution is -0.142. The van der Waals surface area contributed by atoms with Crippen molar-refractivity contribution >= 4 is 41.5 Å². The molecule has 0 saturated carbocycles. The Morgan fingerprint density at radius 2 is 1.49 bits per heavy atom. The number of hydrogen-bond donors (Lipinski definition) is 10. The number of rotatable bonds is 20. The Hall–Kier alpha value is -4.03. The molecule has 1 saturated heterocycles. The van der Waals surface area contributed by atoms with E-state index in [-0.39, 0.29) is 44.7 Å². The molecular weight excluding hydrogens is 592 g/mol. The Kier molecular flexibility index (Phi) is 17.4. The number of amides is 5. The molecule has 1 rings (SSSR count). The molecule has 5 amide bonds. The number of aliphatic hydroxyl groups is 1. The van der Waals surface area contributed by atoms with E-state index in [1.54, 1.807) is 6.92 Å². The molecule has 0 radical (unpaired) electrons. The number of carbonyl (C=O) groups excluding carboxylic acids is 5. The molecule has 0 aliphatic carbocycles. The SMILES string of the molecule is CC[C@H](NC(=O)[C@H](CCCN=C(N)N)NC(=O)[C@H](CCCCN)NC(=O)[C@@H]1CCCN1C(=O)[C@@H](N)CO)C(=O)N[C@@H](C)C(=O)O. The van der Waals surface area contributed by atoms with E-state index in [2.05, 4.69) is 26.3 Å². The quantitative estimate of drug-likeness (QED) is 0.0344. The molecule has 0 aromatic heterocycles. The highest BCUT2D eigenvalue weighted by molar-refractivity contribution is 5.96. The second-order valence-corrected chi connectivity index (χ2v) is 10.9. The zero-order valence-electron chi connectivity index (χ0n) is 26.0. The maximum absolute atomic E-state index is 13.5. The summed E-state index contributed by atoms with van der Waals surface area (Å²) >= 11 is 0. The van der Waals surface area contributed by atoms with Crippen molar-refractivity contribution < 1.29 is 39.0 Å². The number of nitrogens with zero attached hydrogens (tertiary/aromatic N) is 2. The zero-order chi connectivity index (χ0) is 34.1. The maximum atomic E-state index is 13.5. The third-order valence-electron chi connectivity index (χ3n) is 7.28. The first-order valence-corrected chi connectivity index (χ1v) is 15.1. The van der Waals surface area contributed by atoms with Crippen molar-refractivity contribution in [3.05, 3.63) is 0 Å². The molecule has 18 nitrogen and oxygen atoms in total. The minimum absolute atomic E-state index is 0.0609. The van der Waals surface area contributed by atoms with Crippen LogP contribution in [0, 0.1) is 0 Å². The van der Waals surface area contributed by atoms with Crippen LogP contribution < -0.4 is 44.2 Å². The number of aliphatic hydroxyl groups excluding tert-OH is 1. The molecule has 0 bridgehead atoms. The fraction of sp³-hybridized carbons (Fsp3) is 0.741. The molecule has 0 unspecified atom stereocenters. The lowest BCUT2D eigenvalue weighted by atomic mass is 10.0. The number of nitrogens with two attached hydrogens (primary N) is 4. The average molecular weight is 643 g/mol. The van der Waals surface area contributed by atoms with Crippen molar-refractivity contribution in [3.8, 4) is 0 Å². The molecule has 6 atom stereocenters. The fourth-order valence-corrected chi connectivity index (χ4v) is 4.67. The molecule has 256 valence electrons. The van der Waals surface area contributed by atoms with E-state index in [0.717, 1.165) is 0 Å². The number of aliphatic carboxylic acids is 1. The van der Waals surface area contributed by atoms with Gasteiger partial charge in [-0.15, -0.1) is 0 Å². The lowest BCUT2D eigenvalue weighted by Crippen LogP contribution is -2.59. The summed E-state index contributed by atoms with van der Waals surface area (Å²) in [7, 11) is 0. The Morgan fingerprint density at radius 1 is 0.911 bits per heavy atom. The minimum Gasteiger partial charge on any atom is -0.480 e. The third kappa shape index (κ3) is 13.2. The molecule has 0 spiro atoms. The van der Waals surface area contributed by atoms with Crippen molar-refractivity contribution in [1.82, 2.24) is 26.2 Å². The van der Waals surface area contributed by atoms with Gasteiger partial charge in [0, 0.05) is 13.1 Å². The van der Waals surface area contributed by atoms with Crippen LogP contribution in [0.2, 0.25) is 0 Å². The van der Waals surface area contributed by atoms with Gasteiger partial charge in [-0.2, -0.15) is 0 Å². The van der Waals surface area contributed by atoms with Crippen molar-refractivity contribution in [2.45, 2.75) is 101 Å². The molecular formula is C27H50N10O8. The molecule has 14 N–H and O–H groups in total. The van der Waals surface area contributed by atoms with Gasteiger partial charge in [-0.1, -0.05) is 6.92 Å². The molecule has 0 aromatic rings. The van der Waals surface area contributed by atoms with Gasteiger partial charge >= 0.3 is 5.97 Å². The number of nitrogens with one attached hydrogen (secondary N) is 4. The highest BCUT2D eigenvalue weighted by Crippen LogP contribution is 2.19. The van der Waals surface area contributed by atoms with Crippen LogP contribution in [0.5, 0.6) is 0 Å². The van der Waals surface area contributed by atoms with Crippen molar-refractivity contribution in [2.24, 2.45) is 27.9 Å².